The Balaban J connectivity index is 0.000000703. The van der Waals surface area contributed by atoms with Gasteiger partial charge < -0.3 is 30.9 Å². The number of rotatable bonds is 6. The largest absolute Gasteiger partial charge is 0.497 e. The van der Waals surface area contributed by atoms with Gasteiger partial charge in [0.05, 0.1) is 7.11 Å². The van der Waals surface area contributed by atoms with Crippen LogP contribution in [-0.2, 0) is 14.4 Å². The quantitative estimate of drug-likeness (QED) is 0.428. The van der Waals surface area contributed by atoms with Crippen LogP contribution in [0.25, 0.3) is 0 Å². The van der Waals surface area contributed by atoms with Gasteiger partial charge in [-0.3, -0.25) is 4.79 Å². The number of benzene rings is 1. The van der Waals surface area contributed by atoms with Crippen LogP contribution in [0.15, 0.2) is 24.3 Å². The van der Waals surface area contributed by atoms with E-state index in [-0.39, 0.29) is 23.0 Å². The number of ether oxygens (including phenoxy) is 1. The zero-order valence-electron chi connectivity index (χ0n) is 19.1. The van der Waals surface area contributed by atoms with E-state index in [0.717, 1.165) is 24.3 Å². The third-order valence-corrected chi connectivity index (χ3v) is 4.74. The van der Waals surface area contributed by atoms with Crippen molar-refractivity contribution in [3.05, 3.63) is 24.3 Å². The van der Waals surface area contributed by atoms with E-state index >= 15 is 0 Å². The Labute approximate surface area is 183 Å². The summed E-state index contributed by atoms with van der Waals surface area (Å²) in [6.07, 6.45) is 2.55. The van der Waals surface area contributed by atoms with Crippen LogP contribution in [0.1, 0.15) is 53.9 Å². The van der Waals surface area contributed by atoms with E-state index in [1.54, 1.807) is 7.11 Å². The molecule has 1 atom stereocenters. The molecule has 2 rings (SSSR count). The standard InChI is InChI=1S/C20H33N3O2.C2H2O4/c1-14(21-16-12-19(2,3)23-20(4,5)13-16)10-18(24)22-15-8-7-9-17(11-15)25-6;3-1(4)2(5)6/h7-9,11,14,16,21,23H,10,12-13H2,1-6H3,(H,22,24);(H,3,4)(H,5,6). The Morgan fingerprint density at radius 2 is 1.68 bits per heavy atom. The molecule has 174 valence electrons. The van der Waals surface area contributed by atoms with Gasteiger partial charge >= 0.3 is 11.9 Å². The Morgan fingerprint density at radius 3 is 2.16 bits per heavy atom. The Hall–Kier alpha value is -2.65. The number of aliphatic carboxylic acids is 2. The molecule has 1 amide bonds. The lowest BCUT2D eigenvalue weighted by Crippen LogP contribution is -2.62. The Kier molecular flexibility index (Phi) is 9.45. The predicted molar refractivity (Wildman–Crippen MR) is 118 cm³/mol. The van der Waals surface area contributed by atoms with Gasteiger partial charge in [0.2, 0.25) is 5.91 Å². The molecule has 1 aromatic carbocycles. The second-order valence-corrected chi connectivity index (χ2v) is 9.16. The number of methoxy groups -OCH3 is 1. The van der Waals surface area contributed by atoms with Crippen molar-refractivity contribution in [2.24, 2.45) is 0 Å². The maximum atomic E-state index is 12.3. The number of amides is 1. The second-order valence-electron chi connectivity index (χ2n) is 9.16. The number of nitrogens with one attached hydrogen (secondary N) is 3. The molecule has 0 aliphatic carbocycles. The summed E-state index contributed by atoms with van der Waals surface area (Å²) in [7, 11) is 1.62. The van der Waals surface area contributed by atoms with E-state index in [2.05, 4.69) is 50.6 Å². The highest BCUT2D eigenvalue weighted by molar-refractivity contribution is 6.27. The topological polar surface area (TPSA) is 137 Å². The molecule has 1 fully saturated rings. The van der Waals surface area contributed by atoms with Gasteiger partial charge in [0.25, 0.3) is 0 Å². The second kappa shape index (κ2) is 11.1. The summed E-state index contributed by atoms with van der Waals surface area (Å²) in [5.74, 6) is -2.89. The van der Waals surface area contributed by atoms with Crippen molar-refractivity contribution in [1.29, 1.82) is 0 Å². The van der Waals surface area contributed by atoms with Crippen molar-refractivity contribution in [3.63, 3.8) is 0 Å². The molecule has 1 unspecified atom stereocenters. The summed E-state index contributed by atoms with van der Waals surface area (Å²) >= 11 is 0. The highest BCUT2D eigenvalue weighted by atomic mass is 16.5. The van der Waals surface area contributed by atoms with Gasteiger partial charge in [-0.05, 0) is 59.6 Å². The first-order chi connectivity index (χ1) is 14.2. The zero-order chi connectivity index (χ0) is 23.8. The van der Waals surface area contributed by atoms with Gasteiger partial charge in [-0.1, -0.05) is 6.07 Å². The van der Waals surface area contributed by atoms with Crippen LogP contribution >= 0.6 is 0 Å². The van der Waals surface area contributed by atoms with Crippen molar-refractivity contribution in [2.45, 2.75) is 77.0 Å². The highest BCUT2D eigenvalue weighted by Crippen LogP contribution is 2.28. The number of hydrogen-bond acceptors (Lipinski definition) is 6. The fraction of sp³-hybridized carbons (Fsp3) is 0.591. The number of carboxylic acids is 2. The minimum absolute atomic E-state index is 0.0145. The molecule has 5 N–H and O–H groups in total. The van der Waals surface area contributed by atoms with Gasteiger partial charge in [-0.15, -0.1) is 0 Å². The molecule has 0 saturated carbocycles. The number of carbonyl (C=O) groups is 3. The number of hydrogen-bond donors (Lipinski definition) is 5. The molecule has 1 saturated heterocycles. The van der Waals surface area contributed by atoms with Crippen LogP contribution in [0.3, 0.4) is 0 Å². The molecule has 9 heteroatoms. The molecular formula is C22H35N3O6. The maximum absolute atomic E-state index is 12.3. The van der Waals surface area contributed by atoms with Crippen LogP contribution in [0, 0.1) is 0 Å². The van der Waals surface area contributed by atoms with E-state index in [4.69, 9.17) is 24.5 Å². The lowest BCUT2D eigenvalue weighted by atomic mass is 9.79. The predicted octanol–water partition coefficient (Wildman–Crippen LogP) is 2.47. The third kappa shape index (κ3) is 10.3. The SMILES string of the molecule is COc1cccc(NC(=O)CC(C)NC2CC(C)(C)NC(C)(C)C2)c1.O=C(O)C(=O)O. The van der Waals surface area contributed by atoms with Crippen LogP contribution in [0.4, 0.5) is 5.69 Å². The van der Waals surface area contributed by atoms with E-state index in [0.29, 0.717) is 12.5 Å². The molecule has 0 aromatic heterocycles. The van der Waals surface area contributed by atoms with E-state index < -0.39 is 11.9 Å². The minimum atomic E-state index is -1.82. The fourth-order valence-corrected chi connectivity index (χ4v) is 4.09. The Bertz CT molecular complexity index is 750. The molecule has 31 heavy (non-hydrogen) atoms. The molecule has 0 bridgehead atoms. The Morgan fingerprint density at radius 1 is 1.13 bits per heavy atom. The highest BCUT2D eigenvalue weighted by Gasteiger charge is 2.37. The van der Waals surface area contributed by atoms with Crippen molar-refractivity contribution < 1.29 is 29.3 Å². The van der Waals surface area contributed by atoms with Crippen molar-refractivity contribution in [3.8, 4) is 5.75 Å². The average Bonchev–Trinajstić information content (AvgIpc) is 2.59. The third-order valence-electron chi connectivity index (χ3n) is 4.74. The number of carboxylic acid groups (broad SMARTS) is 2. The molecule has 1 heterocycles. The number of carbonyl (C=O) groups excluding carboxylic acids is 1. The maximum Gasteiger partial charge on any atom is 0.414 e. The normalized spacial score (nSPS) is 18.1. The van der Waals surface area contributed by atoms with Crippen molar-refractivity contribution in [1.82, 2.24) is 10.6 Å². The molecule has 1 aliphatic rings. The van der Waals surface area contributed by atoms with Crippen LogP contribution in [0.2, 0.25) is 0 Å². The van der Waals surface area contributed by atoms with Crippen LogP contribution < -0.4 is 20.7 Å². The summed E-state index contributed by atoms with van der Waals surface area (Å²) in [4.78, 5) is 30.5. The number of piperidine rings is 1. The first-order valence-electron chi connectivity index (χ1n) is 10.2. The number of anilines is 1. The summed E-state index contributed by atoms with van der Waals surface area (Å²) in [6.45, 7) is 11.0. The molecular weight excluding hydrogens is 402 g/mol. The summed E-state index contributed by atoms with van der Waals surface area (Å²) in [6, 6.07) is 7.96. The van der Waals surface area contributed by atoms with E-state index in [1.165, 1.54) is 0 Å². The molecule has 1 aromatic rings. The lowest BCUT2D eigenvalue weighted by Gasteiger charge is -2.47. The van der Waals surface area contributed by atoms with Crippen LogP contribution in [-0.4, -0.2) is 58.3 Å². The van der Waals surface area contributed by atoms with Gasteiger partial charge in [-0.25, -0.2) is 9.59 Å². The van der Waals surface area contributed by atoms with Crippen molar-refractivity contribution in [2.75, 3.05) is 12.4 Å². The van der Waals surface area contributed by atoms with Crippen molar-refractivity contribution >= 4 is 23.5 Å². The zero-order valence-corrected chi connectivity index (χ0v) is 19.1. The average molecular weight is 438 g/mol. The summed E-state index contributed by atoms with van der Waals surface area (Å²) in [5.41, 5.74) is 0.963. The smallest absolute Gasteiger partial charge is 0.414 e. The first kappa shape index (κ1) is 26.4. The van der Waals surface area contributed by atoms with E-state index in [9.17, 15) is 4.79 Å². The first-order valence-corrected chi connectivity index (χ1v) is 10.2. The summed E-state index contributed by atoms with van der Waals surface area (Å²) in [5, 5.41) is 25.1. The molecule has 9 nitrogen and oxygen atoms in total. The van der Waals surface area contributed by atoms with Gasteiger partial charge in [-0.2, -0.15) is 0 Å². The minimum Gasteiger partial charge on any atom is -0.497 e. The molecule has 0 spiro atoms. The molecule has 0 radical (unpaired) electrons. The van der Waals surface area contributed by atoms with Gasteiger partial charge in [0, 0.05) is 41.3 Å². The fourth-order valence-electron chi connectivity index (χ4n) is 4.09. The lowest BCUT2D eigenvalue weighted by molar-refractivity contribution is -0.159. The van der Waals surface area contributed by atoms with E-state index in [1.807, 2.05) is 24.3 Å². The van der Waals surface area contributed by atoms with Gasteiger partial charge in [0.1, 0.15) is 5.75 Å². The van der Waals surface area contributed by atoms with Gasteiger partial charge in [0.15, 0.2) is 0 Å². The monoisotopic (exact) mass is 437 g/mol. The molecule has 1 aliphatic heterocycles. The summed E-state index contributed by atoms with van der Waals surface area (Å²) < 4.78 is 5.19. The van der Waals surface area contributed by atoms with Crippen LogP contribution in [0.5, 0.6) is 5.75 Å².